The maximum atomic E-state index is 13.1. The number of carbonyl (C=O) groups is 3. The van der Waals surface area contributed by atoms with E-state index in [9.17, 15) is 24.6 Å². The molecule has 5 aromatic carbocycles. The highest BCUT2D eigenvalue weighted by atomic mass is 16.5. The molecule has 230 valence electrons. The Morgan fingerprint density at radius 1 is 0.804 bits per heavy atom. The van der Waals surface area contributed by atoms with Crippen LogP contribution in [0.5, 0.6) is 5.75 Å². The molecule has 6 aromatic rings. The number of H-pyrrole nitrogens is 1. The van der Waals surface area contributed by atoms with Gasteiger partial charge in [-0.1, -0.05) is 91.0 Å². The summed E-state index contributed by atoms with van der Waals surface area (Å²) in [6, 6.07) is 32.2. The topological polar surface area (TPSA) is 129 Å². The van der Waals surface area contributed by atoms with Gasteiger partial charge in [-0.3, -0.25) is 4.79 Å². The molecule has 6 rings (SSSR count). The van der Waals surface area contributed by atoms with Gasteiger partial charge in [0.25, 0.3) is 5.91 Å². The Morgan fingerprint density at radius 3 is 2.28 bits per heavy atom. The lowest BCUT2D eigenvalue weighted by Crippen LogP contribution is -2.33. The number of carbonyl (C=O) groups excluding carboxylic acids is 1. The molecule has 0 saturated heterocycles. The fourth-order valence-electron chi connectivity index (χ4n) is 5.95. The van der Waals surface area contributed by atoms with Gasteiger partial charge < -0.3 is 25.3 Å². The molecule has 0 aliphatic rings. The predicted octanol–water partition coefficient (Wildman–Crippen LogP) is 7.56. The lowest BCUT2D eigenvalue weighted by molar-refractivity contribution is -0.139. The second kappa shape index (κ2) is 13.0. The minimum Gasteiger partial charge on any atom is -0.493 e. The van der Waals surface area contributed by atoms with E-state index in [1.807, 2.05) is 67.6 Å². The van der Waals surface area contributed by atoms with Gasteiger partial charge in [0, 0.05) is 21.9 Å². The standard InChI is InChI=1S/C38H32N2O6/c1-23-22-26(36(41)40-33(37(42)43)25-11-3-2-4-12-25)19-20-27(23)29-15-8-16-30-31(35(38(44)45)39-34(29)30)17-9-21-46-32-18-7-13-24-10-5-6-14-28(24)32/h2-8,10-16,18-20,22,33,39H,9,17,21H2,1H3,(H,40,41)(H,42,43)(H,44,45). The van der Waals surface area contributed by atoms with Crippen LogP contribution in [0.25, 0.3) is 32.8 Å². The van der Waals surface area contributed by atoms with Gasteiger partial charge in [-0.25, -0.2) is 9.59 Å². The van der Waals surface area contributed by atoms with Crippen LogP contribution in [0.2, 0.25) is 0 Å². The Balaban J connectivity index is 1.23. The molecule has 1 unspecified atom stereocenters. The lowest BCUT2D eigenvalue weighted by atomic mass is 9.95. The smallest absolute Gasteiger partial charge is 0.352 e. The van der Waals surface area contributed by atoms with Crippen molar-refractivity contribution in [3.63, 3.8) is 0 Å². The molecule has 0 aliphatic heterocycles. The van der Waals surface area contributed by atoms with Crippen molar-refractivity contribution >= 4 is 39.5 Å². The van der Waals surface area contributed by atoms with Crippen LogP contribution in [0.4, 0.5) is 0 Å². The molecule has 1 atom stereocenters. The number of aromatic carboxylic acids is 1. The summed E-state index contributed by atoms with van der Waals surface area (Å²) in [4.78, 5) is 40.5. The molecule has 8 heteroatoms. The van der Waals surface area contributed by atoms with Crippen LogP contribution in [0, 0.1) is 6.92 Å². The van der Waals surface area contributed by atoms with E-state index in [2.05, 4.69) is 10.3 Å². The maximum absolute atomic E-state index is 13.1. The van der Waals surface area contributed by atoms with Crippen molar-refractivity contribution in [3.8, 4) is 16.9 Å². The third kappa shape index (κ3) is 6.05. The van der Waals surface area contributed by atoms with E-state index in [0.717, 1.165) is 38.6 Å². The molecular weight excluding hydrogens is 580 g/mol. The van der Waals surface area contributed by atoms with Crippen LogP contribution in [0.1, 0.15) is 50.0 Å². The van der Waals surface area contributed by atoms with Crippen LogP contribution in [-0.2, 0) is 11.2 Å². The quantitative estimate of drug-likeness (QED) is 0.112. The molecule has 8 nitrogen and oxygen atoms in total. The van der Waals surface area contributed by atoms with Gasteiger partial charge in [-0.15, -0.1) is 0 Å². The monoisotopic (exact) mass is 612 g/mol. The van der Waals surface area contributed by atoms with E-state index in [1.54, 1.807) is 48.5 Å². The molecule has 1 heterocycles. The first-order valence-electron chi connectivity index (χ1n) is 15.0. The van der Waals surface area contributed by atoms with Crippen LogP contribution >= 0.6 is 0 Å². The van der Waals surface area contributed by atoms with Gasteiger partial charge in [-0.2, -0.15) is 0 Å². The number of hydrogen-bond acceptors (Lipinski definition) is 4. The number of rotatable bonds is 11. The number of para-hydroxylation sites is 1. The summed E-state index contributed by atoms with van der Waals surface area (Å²) in [6.45, 7) is 2.29. The number of aromatic amines is 1. The molecule has 4 N–H and O–H groups in total. The molecule has 0 saturated carbocycles. The molecule has 0 aliphatic carbocycles. The summed E-state index contributed by atoms with van der Waals surface area (Å²) in [5.74, 6) is -1.91. The summed E-state index contributed by atoms with van der Waals surface area (Å²) in [5, 5.41) is 25.4. The maximum Gasteiger partial charge on any atom is 0.352 e. The van der Waals surface area contributed by atoms with E-state index in [4.69, 9.17) is 4.74 Å². The lowest BCUT2D eigenvalue weighted by Gasteiger charge is -2.16. The van der Waals surface area contributed by atoms with E-state index < -0.39 is 23.9 Å². The van der Waals surface area contributed by atoms with Crippen LogP contribution < -0.4 is 10.1 Å². The van der Waals surface area contributed by atoms with Crippen molar-refractivity contribution in [2.24, 2.45) is 0 Å². The molecule has 0 bridgehead atoms. The average Bonchev–Trinajstić information content (AvgIpc) is 3.45. The first kappa shape index (κ1) is 30.1. The number of aromatic nitrogens is 1. The third-order valence-corrected chi connectivity index (χ3v) is 8.17. The van der Waals surface area contributed by atoms with Gasteiger partial charge in [0.05, 0.1) is 12.1 Å². The Kier molecular flexibility index (Phi) is 8.52. The summed E-state index contributed by atoms with van der Waals surface area (Å²) >= 11 is 0. The Hall–Kier alpha value is -5.89. The summed E-state index contributed by atoms with van der Waals surface area (Å²) in [5.41, 5.74) is 4.74. The van der Waals surface area contributed by atoms with E-state index in [1.165, 1.54) is 0 Å². The number of carboxylic acids is 2. The molecule has 1 aromatic heterocycles. The highest BCUT2D eigenvalue weighted by molar-refractivity contribution is 6.04. The van der Waals surface area contributed by atoms with Gasteiger partial charge in [-0.05, 0) is 65.6 Å². The Labute approximate surface area is 265 Å². The fraction of sp³-hybridized carbons (Fsp3) is 0.132. The first-order chi connectivity index (χ1) is 22.3. The third-order valence-electron chi connectivity index (χ3n) is 8.17. The van der Waals surface area contributed by atoms with E-state index >= 15 is 0 Å². The highest BCUT2D eigenvalue weighted by Crippen LogP contribution is 2.35. The predicted molar refractivity (Wildman–Crippen MR) is 177 cm³/mol. The highest BCUT2D eigenvalue weighted by Gasteiger charge is 2.24. The van der Waals surface area contributed by atoms with Crippen molar-refractivity contribution in [2.75, 3.05) is 6.61 Å². The van der Waals surface area contributed by atoms with Crippen molar-refractivity contribution in [2.45, 2.75) is 25.8 Å². The first-order valence-corrected chi connectivity index (χ1v) is 15.0. The number of amides is 1. The summed E-state index contributed by atoms with van der Waals surface area (Å²) in [7, 11) is 0. The van der Waals surface area contributed by atoms with E-state index in [-0.39, 0.29) is 5.69 Å². The van der Waals surface area contributed by atoms with Crippen LogP contribution in [0.3, 0.4) is 0 Å². The molecule has 46 heavy (non-hydrogen) atoms. The second-order valence-electron chi connectivity index (χ2n) is 11.1. The molecule has 1 amide bonds. The molecule has 0 spiro atoms. The minimum absolute atomic E-state index is 0.141. The van der Waals surface area contributed by atoms with Gasteiger partial charge in [0.1, 0.15) is 11.4 Å². The number of ether oxygens (including phenoxy) is 1. The van der Waals surface area contributed by atoms with Gasteiger partial charge in [0.2, 0.25) is 0 Å². The largest absolute Gasteiger partial charge is 0.493 e. The zero-order chi connectivity index (χ0) is 32.2. The van der Waals surface area contributed by atoms with Crippen LogP contribution in [-0.4, -0.2) is 39.6 Å². The Morgan fingerprint density at radius 2 is 1.52 bits per heavy atom. The average molecular weight is 613 g/mol. The summed E-state index contributed by atoms with van der Waals surface area (Å²) in [6.07, 6.45) is 1.12. The SMILES string of the molecule is Cc1cc(C(=O)NC(C(=O)O)c2ccccc2)ccc1-c1cccc2c(CCCOc3cccc4ccccc34)c(C(=O)O)[nH]c12. The molecular formula is C38H32N2O6. The van der Waals surface area contributed by atoms with Crippen LogP contribution in [0.15, 0.2) is 109 Å². The minimum atomic E-state index is -1.19. The van der Waals surface area contributed by atoms with E-state index in [0.29, 0.717) is 41.7 Å². The number of nitrogens with one attached hydrogen (secondary N) is 2. The Bertz CT molecular complexity index is 2080. The number of aryl methyl sites for hydroxylation is 2. The number of benzene rings is 5. The van der Waals surface area contributed by atoms with Gasteiger partial charge >= 0.3 is 11.9 Å². The van der Waals surface area contributed by atoms with Crippen molar-refractivity contribution in [3.05, 3.63) is 137 Å². The zero-order valence-electron chi connectivity index (χ0n) is 25.1. The van der Waals surface area contributed by atoms with Crippen molar-refractivity contribution in [1.82, 2.24) is 10.3 Å². The molecule has 0 fully saturated rings. The number of hydrogen-bond donors (Lipinski definition) is 4. The number of fused-ring (bicyclic) bond motifs is 2. The molecule has 0 radical (unpaired) electrons. The van der Waals surface area contributed by atoms with Gasteiger partial charge in [0.15, 0.2) is 6.04 Å². The van der Waals surface area contributed by atoms with Crippen molar-refractivity contribution in [1.29, 1.82) is 0 Å². The number of carboxylic acid groups (broad SMARTS) is 2. The second-order valence-corrected chi connectivity index (χ2v) is 11.1. The zero-order valence-corrected chi connectivity index (χ0v) is 25.1. The van der Waals surface area contributed by atoms with Crippen molar-refractivity contribution < 1.29 is 29.3 Å². The fourth-order valence-corrected chi connectivity index (χ4v) is 5.95. The summed E-state index contributed by atoms with van der Waals surface area (Å²) < 4.78 is 6.11. The number of aliphatic carboxylic acids is 1. The normalized spacial score (nSPS) is 11.8.